The van der Waals surface area contributed by atoms with E-state index in [0.717, 1.165) is 23.4 Å². The lowest BCUT2D eigenvalue weighted by Crippen LogP contribution is -2.46. The van der Waals surface area contributed by atoms with Crippen LogP contribution in [0.15, 0.2) is 29.2 Å². The second kappa shape index (κ2) is 6.85. The lowest BCUT2D eigenvalue weighted by atomic mass is 10.0. The fourth-order valence-electron chi connectivity index (χ4n) is 1.54. The molecule has 0 aromatic heterocycles. The summed E-state index contributed by atoms with van der Waals surface area (Å²) in [5.74, 6) is 0.108. The van der Waals surface area contributed by atoms with Crippen LogP contribution in [-0.2, 0) is 4.79 Å². The van der Waals surface area contributed by atoms with Gasteiger partial charge in [0.2, 0.25) is 5.91 Å². The predicted octanol–water partition coefficient (Wildman–Crippen LogP) is 3.44. The maximum absolute atomic E-state index is 12.3. The van der Waals surface area contributed by atoms with Crippen molar-refractivity contribution in [3.8, 4) is 0 Å². The van der Waals surface area contributed by atoms with E-state index in [1.165, 1.54) is 0 Å². The van der Waals surface area contributed by atoms with Crippen LogP contribution >= 0.6 is 11.8 Å². The summed E-state index contributed by atoms with van der Waals surface area (Å²) in [6, 6.07) is 7.65. The number of nitrogens with two attached hydrogens (primary N) is 1. The van der Waals surface area contributed by atoms with Crippen LogP contribution in [0, 0.1) is 0 Å². The summed E-state index contributed by atoms with van der Waals surface area (Å²) < 4.78 is 0. The highest BCUT2D eigenvalue weighted by Gasteiger charge is 2.24. The minimum Gasteiger partial charge on any atom is -0.399 e. The molecule has 1 atom stereocenters. The Morgan fingerprint density at radius 1 is 1.32 bits per heavy atom. The first-order valence-electron chi connectivity index (χ1n) is 6.72. The summed E-state index contributed by atoms with van der Waals surface area (Å²) in [7, 11) is 0. The number of rotatable bonds is 6. The summed E-state index contributed by atoms with van der Waals surface area (Å²) in [4.78, 5) is 13.3. The molecule has 1 aromatic carbocycles. The number of hydrogen-bond acceptors (Lipinski definition) is 3. The first kappa shape index (κ1) is 15.9. The molecule has 3 nitrogen and oxygen atoms in total. The van der Waals surface area contributed by atoms with Crippen LogP contribution in [0.4, 0.5) is 5.69 Å². The first-order valence-corrected chi connectivity index (χ1v) is 7.60. The summed E-state index contributed by atoms with van der Waals surface area (Å²) in [6.07, 6.45) is 1.72. The van der Waals surface area contributed by atoms with Crippen LogP contribution in [0.2, 0.25) is 0 Å². The minimum atomic E-state index is -0.147. The number of anilines is 1. The SMILES string of the molecule is CCC(Sc1ccc(N)cc1)C(=O)NC(C)(C)CC. The summed E-state index contributed by atoms with van der Waals surface area (Å²) in [5, 5.41) is 3.04. The molecule has 1 aromatic rings. The molecule has 0 spiro atoms. The molecule has 0 saturated carbocycles. The second-order valence-corrected chi connectivity index (χ2v) is 6.59. The highest BCUT2D eigenvalue weighted by Crippen LogP contribution is 2.26. The van der Waals surface area contributed by atoms with Crippen molar-refractivity contribution in [1.29, 1.82) is 0 Å². The highest BCUT2D eigenvalue weighted by molar-refractivity contribution is 8.00. The second-order valence-electron chi connectivity index (χ2n) is 5.31. The van der Waals surface area contributed by atoms with Crippen molar-refractivity contribution in [2.24, 2.45) is 0 Å². The predicted molar refractivity (Wildman–Crippen MR) is 83.3 cm³/mol. The molecule has 1 amide bonds. The Morgan fingerprint density at radius 2 is 1.89 bits per heavy atom. The Hall–Kier alpha value is -1.16. The van der Waals surface area contributed by atoms with E-state index in [9.17, 15) is 4.79 Å². The van der Waals surface area contributed by atoms with E-state index in [-0.39, 0.29) is 16.7 Å². The van der Waals surface area contributed by atoms with E-state index in [4.69, 9.17) is 5.73 Å². The number of thioether (sulfide) groups is 1. The molecule has 1 rings (SSSR count). The maximum Gasteiger partial charge on any atom is 0.233 e. The molecule has 19 heavy (non-hydrogen) atoms. The van der Waals surface area contributed by atoms with Gasteiger partial charge in [-0.1, -0.05) is 13.8 Å². The zero-order valence-electron chi connectivity index (χ0n) is 12.2. The van der Waals surface area contributed by atoms with E-state index in [1.807, 2.05) is 45.0 Å². The van der Waals surface area contributed by atoms with Crippen molar-refractivity contribution >= 4 is 23.4 Å². The van der Waals surface area contributed by atoms with E-state index < -0.39 is 0 Å². The smallest absolute Gasteiger partial charge is 0.233 e. The Balaban J connectivity index is 2.67. The summed E-state index contributed by atoms with van der Waals surface area (Å²) in [6.45, 7) is 8.21. The van der Waals surface area contributed by atoms with Gasteiger partial charge in [-0.15, -0.1) is 11.8 Å². The number of benzene rings is 1. The molecule has 0 aliphatic rings. The third-order valence-electron chi connectivity index (χ3n) is 3.17. The molecule has 0 saturated heterocycles. The highest BCUT2D eigenvalue weighted by atomic mass is 32.2. The van der Waals surface area contributed by atoms with Crippen molar-refractivity contribution in [2.75, 3.05) is 5.73 Å². The number of carbonyl (C=O) groups is 1. The lowest BCUT2D eigenvalue weighted by molar-refractivity contribution is -0.122. The average Bonchev–Trinajstić information content (AvgIpc) is 2.37. The molecule has 106 valence electrons. The van der Waals surface area contributed by atoms with Gasteiger partial charge in [0.15, 0.2) is 0 Å². The Labute approximate surface area is 120 Å². The first-order chi connectivity index (χ1) is 8.88. The monoisotopic (exact) mass is 280 g/mol. The van der Waals surface area contributed by atoms with Crippen molar-refractivity contribution in [2.45, 2.75) is 56.2 Å². The van der Waals surface area contributed by atoms with Crippen molar-refractivity contribution in [3.05, 3.63) is 24.3 Å². The fourth-order valence-corrected chi connectivity index (χ4v) is 2.49. The molecule has 3 N–H and O–H groups in total. The number of hydrogen-bond donors (Lipinski definition) is 2. The Bertz CT molecular complexity index is 415. The largest absolute Gasteiger partial charge is 0.399 e. The van der Waals surface area contributed by atoms with Gasteiger partial charge in [-0.05, 0) is 51.0 Å². The van der Waals surface area contributed by atoms with Crippen LogP contribution in [0.1, 0.15) is 40.5 Å². The van der Waals surface area contributed by atoms with Gasteiger partial charge < -0.3 is 11.1 Å². The van der Waals surface area contributed by atoms with Gasteiger partial charge in [0.25, 0.3) is 0 Å². The minimum absolute atomic E-state index is 0.0607. The molecule has 0 radical (unpaired) electrons. The van der Waals surface area contributed by atoms with Gasteiger partial charge in [0, 0.05) is 16.1 Å². The van der Waals surface area contributed by atoms with Crippen LogP contribution in [0.5, 0.6) is 0 Å². The van der Waals surface area contributed by atoms with Crippen LogP contribution in [-0.4, -0.2) is 16.7 Å². The van der Waals surface area contributed by atoms with Crippen LogP contribution < -0.4 is 11.1 Å². The van der Waals surface area contributed by atoms with Crippen LogP contribution in [0.25, 0.3) is 0 Å². The van der Waals surface area contributed by atoms with Gasteiger partial charge in [-0.2, -0.15) is 0 Å². The Morgan fingerprint density at radius 3 is 2.37 bits per heavy atom. The van der Waals surface area contributed by atoms with E-state index in [1.54, 1.807) is 11.8 Å². The number of carbonyl (C=O) groups excluding carboxylic acids is 1. The third-order valence-corrected chi connectivity index (χ3v) is 4.54. The summed E-state index contributed by atoms with van der Waals surface area (Å²) >= 11 is 1.59. The zero-order valence-corrected chi connectivity index (χ0v) is 13.0. The van der Waals surface area contributed by atoms with Crippen molar-refractivity contribution in [1.82, 2.24) is 5.32 Å². The van der Waals surface area contributed by atoms with Gasteiger partial charge in [0.1, 0.15) is 0 Å². The van der Waals surface area contributed by atoms with Gasteiger partial charge in [-0.25, -0.2) is 0 Å². The molecule has 0 aliphatic carbocycles. The number of amides is 1. The Kier molecular flexibility index (Phi) is 5.73. The van der Waals surface area contributed by atoms with Crippen LogP contribution in [0.3, 0.4) is 0 Å². The van der Waals surface area contributed by atoms with Gasteiger partial charge in [0.05, 0.1) is 5.25 Å². The topological polar surface area (TPSA) is 55.1 Å². The molecule has 0 aliphatic heterocycles. The molecular weight excluding hydrogens is 256 g/mol. The lowest BCUT2D eigenvalue weighted by Gasteiger charge is -2.27. The standard InChI is InChI=1S/C15H24N2OS/c1-5-13(14(18)17-15(3,4)6-2)19-12-9-7-11(16)8-10-12/h7-10,13H,5-6,16H2,1-4H3,(H,17,18). The number of nitrogens with one attached hydrogen (secondary N) is 1. The summed E-state index contributed by atoms with van der Waals surface area (Å²) in [5.41, 5.74) is 6.26. The van der Waals surface area contributed by atoms with Gasteiger partial charge in [-0.3, -0.25) is 4.79 Å². The molecule has 0 bridgehead atoms. The molecular formula is C15H24N2OS. The van der Waals surface area contributed by atoms with Crippen molar-refractivity contribution < 1.29 is 4.79 Å². The van der Waals surface area contributed by atoms with E-state index >= 15 is 0 Å². The number of nitrogen functional groups attached to an aromatic ring is 1. The fraction of sp³-hybridized carbons (Fsp3) is 0.533. The molecule has 0 heterocycles. The van der Waals surface area contributed by atoms with Gasteiger partial charge >= 0.3 is 0 Å². The molecule has 4 heteroatoms. The maximum atomic E-state index is 12.3. The average molecular weight is 280 g/mol. The zero-order chi connectivity index (χ0) is 14.5. The third kappa shape index (κ3) is 5.15. The molecule has 0 fully saturated rings. The van der Waals surface area contributed by atoms with E-state index in [2.05, 4.69) is 12.2 Å². The molecule has 1 unspecified atom stereocenters. The van der Waals surface area contributed by atoms with E-state index in [0.29, 0.717) is 0 Å². The van der Waals surface area contributed by atoms with Crippen molar-refractivity contribution in [3.63, 3.8) is 0 Å². The normalized spacial score (nSPS) is 13.1. The quantitative estimate of drug-likeness (QED) is 0.620.